The molecule has 0 rings (SSSR count). The van der Waals surface area contributed by atoms with E-state index in [1.54, 1.807) is 84.8 Å². The molecular formula is C33H97ClO20Si8. The first-order chi connectivity index (χ1) is 29.4. The Morgan fingerprint density at radius 1 is 0.290 bits per heavy atom. The molecule has 0 aromatic carbocycles. The van der Waals surface area contributed by atoms with Gasteiger partial charge in [-0.3, -0.25) is 0 Å². The maximum atomic E-state index is 5.60. The minimum Gasteiger partial charge on any atom is -0.400 e. The monoisotopic (exact) mass is 1070 g/mol. The van der Waals surface area contributed by atoms with Crippen molar-refractivity contribution < 1.29 is 88.5 Å². The van der Waals surface area contributed by atoms with Crippen molar-refractivity contribution in [1.29, 1.82) is 0 Å². The minimum absolute atomic E-state index is 0.665. The van der Waals surface area contributed by atoms with E-state index in [4.69, 9.17) is 99.6 Å². The Labute approximate surface area is 397 Å². The second-order valence-corrected chi connectivity index (χ2v) is 27.8. The summed E-state index contributed by atoms with van der Waals surface area (Å²) in [5.74, 6) is 0. The first-order valence-corrected chi connectivity index (χ1v) is 35.8. The van der Waals surface area contributed by atoms with Gasteiger partial charge in [0.1, 0.15) is 0 Å². The highest BCUT2D eigenvalue weighted by atomic mass is 35.6. The van der Waals surface area contributed by atoms with Gasteiger partial charge in [-0.05, 0) is 88.5 Å². The van der Waals surface area contributed by atoms with Gasteiger partial charge in [0.2, 0.25) is 0 Å². The quantitative estimate of drug-likeness (QED) is 0.0782. The van der Waals surface area contributed by atoms with Gasteiger partial charge in [0.05, 0.1) is 0 Å². The van der Waals surface area contributed by atoms with E-state index in [9.17, 15) is 0 Å². The van der Waals surface area contributed by atoms with E-state index in [1.165, 1.54) is 0 Å². The van der Waals surface area contributed by atoms with Crippen LogP contribution in [-0.4, -0.2) is 212 Å². The highest BCUT2D eigenvalue weighted by Gasteiger charge is 2.24. The summed E-state index contributed by atoms with van der Waals surface area (Å²) in [5.41, 5.74) is 0. The van der Waals surface area contributed by atoms with Crippen molar-refractivity contribution in [2.45, 2.75) is 88.5 Å². The van der Waals surface area contributed by atoms with Gasteiger partial charge in [-0.2, -0.15) is 0 Å². The lowest BCUT2D eigenvalue weighted by molar-refractivity contribution is 0.107. The third kappa shape index (κ3) is 81.4. The molecule has 0 heterocycles. The summed E-state index contributed by atoms with van der Waals surface area (Å²) < 4.78 is 99.3. The summed E-state index contributed by atoms with van der Waals surface area (Å²) in [7, 11) is 5.10. The van der Waals surface area contributed by atoms with Gasteiger partial charge in [-0.15, -0.1) is 0 Å². The first-order valence-electron chi connectivity index (χ1n) is 20.5. The molecule has 1 atom stereocenters. The van der Waals surface area contributed by atoms with E-state index in [2.05, 4.69) is 0 Å². The van der Waals surface area contributed by atoms with Crippen LogP contribution in [0.25, 0.3) is 0 Å². The largest absolute Gasteiger partial charge is 0.484 e. The fraction of sp³-hybridized carbons (Fsp3) is 1.00. The predicted octanol–water partition coefficient (Wildman–Crippen LogP) is 3.56. The molecular weight excluding hydrogens is 976 g/mol. The van der Waals surface area contributed by atoms with Crippen LogP contribution >= 0.6 is 11.1 Å². The van der Waals surface area contributed by atoms with Crippen LogP contribution in [0.2, 0.25) is 26.2 Å². The topological polar surface area (TPSA) is 185 Å². The third-order valence-corrected chi connectivity index (χ3v) is 18.6. The van der Waals surface area contributed by atoms with Gasteiger partial charge >= 0.3 is 73.8 Å². The van der Waals surface area contributed by atoms with Gasteiger partial charge in [0, 0.05) is 138 Å². The summed E-state index contributed by atoms with van der Waals surface area (Å²) in [6.45, 7) is 31.7. The minimum atomic E-state index is -2.18. The molecule has 0 N–H and O–H groups in total. The Kier molecular flexibility index (Phi) is 92.2. The van der Waals surface area contributed by atoms with E-state index < -0.39 is 73.8 Å². The Morgan fingerprint density at radius 2 is 0.516 bits per heavy atom. The fourth-order valence-electron chi connectivity index (χ4n) is 2.67. The first kappa shape index (κ1) is 80.3. The molecule has 29 heteroatoms. The predicted molar refractivity (Wildman–Crippen MR) is 267 cm³/mol. The Bertz CT molecular complexity index is 689. The summed E-state index contributed by atoms with van der Waals surface area (Å²) in [6.07, 6.45) is 0. The van der Waals surface area contributed by atoms with Crippen molar-refractivity contribution in [3.05, 3.63) is 0 Å². The Hall–Kier alpha value is 1.23. The van der Waals surface area contributed by atoms with Crippen LogP contribution in [0.5, 0.6) is 0 Å². The summed E-state index contributed by atoms with van der Waals surface area (Å²) in [4.78, 5) is 0. The summed E-state index contributed by atoms with van der Waals surface area (Å²) >= 11 is 5.60. The third-order valence-electron chi connectivity index (χ3n) is 5.90. The van der Waals surface area contributed by atoms with Crippen molar-refractivity contribution in [3.63, 3.8) is 0 Å². The van der Waals surface area contributed by atoms with Gasteiger partial charge in [-0.25, -0.2) is 0 Å². The second kappa shape index (κ2) is 71.2. The van der Waals surface area contributed by atoms with Crippen LogP contribution in [0.4, 0.5) is 0 Å². The lowest BCUT2D eigenvalue weighted by atomic mass is 10.9. The molecule has 20 nitrogen and oxygen atoms in total. The average molecular weight is 1070 g/mol. The fourth-order valence-corrected chi connectivity index (χ4v) is 8.00. The molecule has 0 aliphatic heterocycles. The zero-order valence-electron chi connectivity index (χ0n) is 43.4. The molecule has 0 saturated heterocycles. The normalized spacial score (nSPS) is 11.1. The molecule has 1 unspecified atom stereocenters. The van der Waals surface area contributed by atoms with Crippen molar-refractivity contribution in [1.82, 2.24) is 0 Å². The van der Waals surface area contributed by atoms with Crippen LogP contribution in [0.3, 0.4) is 0 Å². The molecule has 0 bridgehead atoms. The SMILES string of the molecule is CCO[SiH](C)OC.CCO[SiH](C)OCC.CCO[SiH](OC)OC.CCO[SiH](OC)OCC.CCO[SiH](OCC)OCC.CO[SiH](C)OC.CO[SiH](OC)OC.CO[Si](C)(Cl)OC. The van der Waals surface area contributed by atoms with Crippen molar-refractivity contribution in [2.75, 3.05) is 138 Å². The zero-order valence-corrected chi connectivity index (χ0v) is 53.3. The Morgan fingerprint density at radius 3 is 0.645 bits per heavy atom. The lowest BCUT2D eigenvalue weighted by Gasteiger charge is -2.12. The highest BCUT2D eigenvalue weighted by molar-refractivity contribution is 7.12. The maximum absolute atomic E-state index is 5.60. The van der Waals surface area contributed by atoms with Crippen molar-refractivity contribution >= 4 is 84.9 Å². The van der Waals surface area contributed by atoms with Crippen LogP contribution in [0.1, 0.15) is 62.3 Å². The highest BCUT2D eigenvalue weighted by Crippen LogP contribution is 2.07. The lowest BCUT2D eigenvalue weighted by Crippen LogP contribution is -2.28. The number of halogens is 1. The molecule has 0 aliphatic rings. The molecule has 0 spiro atoms. The Balaban J connectivity index is -0.0000000900. The van der Waals surface area contributed by atoms with E-state index >= 15 is 0 Å². The van der Waals surface area contributed by atoms with Gasteiger partial charge < -0.3 is 88.5 Å². The van der Waals surface area contributed by atoms with Crippen LogP contribution in [0.15, 0.2) is 0 Å². The van der Waals surface area contributed by atoms with Crippen molar-refractivity contribution in [3.8, 4) is 0 Å². The van der Waals surface area contributed by atoms with E-state index in [0.29, 0.717) is 39.6 Å². The molecule has 0 fully saturated rings. The molecule has 0 aliphatic carbocycles. The zero-order chi connectivity index (χ0) is 50.0. The van der Waals surface area contributed by atoms with Gasteiger partial charge in [0.25, 0.3) is 0 Å². The van der Waals surface area contributed by atoms with Gasteiger partial charge in [-0.1, -0.05) is 11.1 Å². The molecule has 0 aromatic heterocycles. The van der Waals surface area contributed by atoms with E-state index in [1.807, 2.05) is 82.0 Å². The van der Waals surface area contributed by atoms with Crippen LogP contribution < -0.4 is 0 Å². The average Bonchev–Trinajstić information content (AvgIpc) is 3.27. The smallest absolute Gasteiger partial charge is 0.400 e. The van der Waals surface area contributed by atoms with E-state index in [0.717, 1.165) is 19.8 Å². The molecule has 0 aromatic rings. The molecule has 0 saturated carbocycles. The van der Waals surface area contributed by atoms with Crippen LogP contribution in [0, 0.1) is 0 Å². The standard InChI is InChI=1S/C6H16O3Si.C5H14O3Si.C5H14O2Si.C4H12O3Si.C4H12O2Si.C3H9ClO2Si.C3H10O3Si.C3H10O2Si/c1-4-7-10(8-5-2)9-6-3;1-4-7-9(6-3)8-5-2;1-4-6-8(3)7-5-2;1-4-7-8(5-2)6-3;1-4-6-7(3)5-2;1-5-7(3,4)6-2;1-4-7(5-2)6-3;1-4-6(3)5-2/h10H,4-6H2,1-3H3;9H,4-5H2,1-3H3;8H,4-5H2,1-3H3;8H,4H2,1-3H3;7H,4H2,1-3H3;1-3H3;7H,1-3H3;6H,1-3H3. The van der Waals surface area contributed by atoms with Gasteiger partial charge in [0.15, 0.2) is 0 Å². The molecule has 62 heavy (non-hydrogen) atoms. The van der Waals surface area contributed by atoms with Crippen LogP contribution in [-0.2, 0) is 88.5 Å². The summed E-state index contributed by atoms with van der Waals surface area (Å²) in [5, 5.41) is 0. The second-order valence-electron chi connectivity index (χ2n) is 10.3. The molecule has 388 valence electrons. The number of hydrogen-bond acceptors (Lipinski definition) is 20. The maximum Gasteiger partial charge on any atom is 0.484 e. The van der Waals surface area contributed by atoms with Crippen molar-refractivity contribution in [2.24, 2.45) is 0 Å². The molecule has 0 amide bonds. The van der Waals surface area contributed by atoms with E-state index in [-0.39, 0.29) is 0 Å². The summed E-state index contributed by atoms with van der Waals surface area (Å²) in [6, 6.07) is 0. The number of rotatable bonds is 29. The number of hydrogen-bond donors (Lipinski definition) is 0. The molecule has 0 radical (unpaired) electrons.